The van der Waals surface area contributed by atoms with E-state index in [1.54, 1.807) is 0 Å². The summed E-state index contributed by atoms with van der Waals surface area (Å²) in [6.07, 6.45) is 4.51. The van der Waals surface area contributed by atoms with E-state index in [1.807, 2.05) is 0 Å². The maximum atomic E-state index is 9.87. The quantitative estimate of drug-likeness (QED) is 0.0947. The maximum absolute atomic E-state index is 10.7. The predicted octanol–water partition coefficient (Wildman–Crippen LogP) is 12.2. The number of halogens is 12. The molecule has 2 aromatic heterocycles. The molecule has 46 heavy (non-hydrogen) atoms. The van der Waals surface area contributed by atoms with E-state index in [1.165, 1.54) is 33.2 Å². The zero-order chi connectivity index (χ0) is 35.1. The van der Waals surface area contributed by atoms with E-state index in [-0.39, 0.29) is 0 Å². The average molecular weight is 715 g/mol. The second-order valence-electron chi connectivity index (χ2n) is 11.2. The van der Waals surface area contributed by atoms with Gasteiger partial charge in [-0.05, 0) is 69.2 Å². The van der Waals surface area contributed by atoms with Crippen LogP contribution in [0.5, 0.6) is 0 Å². The molecule has 0 atom stereocenters. The van der Waals surface area contributed by atoms with Crippen molar-refractivity contribution in [1.29, 1.82) is 0 Å². The van der Waals surface area contributed by atoms with Gasteiger partial charge in [0.05, 0.1) is 12.1 Å². The third-order valence-electron chi connectivity index (χ3n) is 6.28. The third-order valence-corrected chi connectivity index (χ3v) is 6.28. The van der Waals surface area contributed by atoms with Gasteiger partial charge in [0, 0.05) is 0 Å². The standard InChI is InChI=1S/C28H32N4.2F6P/c1-21(2)31-19-29(25-12-5-7-14-27(25)31)17-23-10-9-11-24(16-23)18-30-20-32(22(3)4)28-15-8-6-13-26(28)30;2*1-7(2,3,4,5)6/h5-16,19-22H,17-18H2,1-4H3;;/q+2;2*-1. The summed E-state index contributed by atoms with van der Waals surface area (Å²) in [5.41, 5.74) is 7.79. The number of fused-ring (bicyclic) bond motifs is 2. The molecule has 5 aromatic rings. The Kier molecular flexibility index (Phi) is 8.96. The normalized spacial score (nSPS) is 15.3. The molecule has 2 heterocycles. The van der Waals surface area contributed by atoms with Crippen molar-refractivity contribution >= 4 is 37.7 Å². The van der Waals surface area contributed by atoms with Gasteiger partial charge in [0.25, 0.3) is 0 Å². The Bertz CT molecular complexity index is 1690. The Hall–Kier alpha value is -3.38. The van der Waals surface area contributed by atoms with Gasteiger partial charge in [-0.25, -0.2) is 18.3 Å². The van der Waals surface area contributed by atoms with Crippen molar-refractivity contribution in [3.8, 4) is 0 Å². The molecular weight excluding hydrogens is 682 g/mol. The van der Waals surface area contributed by atoms with Crippen molar-refractivity contribution in [3.05, 3.63) is 96.6 Å². The van der Waals surface area contributed by atoms with Gasteiger partial charge < -0.3 is 0 Å². The average Bonchev–Trinajstić information content (AvgIpc) is 3.40. The van der Waals surface area contributed by atoms with Crippen molar-refractivity contribution in [3.63, 3.8) is 0 Å². The molecule has 5 rings (SSSR count). The Balaban J connectivity index is 0.000000345. The molecule has 0 radical (unpaired) electrons. The van der Waals surface area contributed by atoms with E-state index in [0.29, 0.717) is 12.1 Å². The van der Waals surface area contributed by atoms with Crippen molar-refractivity contribution in [2.24, 2.45) is 0 Å². The van der Waals surface area contributed by atoms with Gasteiger partial charge in [0.2, 0.25) is 12.7 Å². The van der Waals surface area contributed by atoms with E-state index < -0.39 is 15.6 Å². The first kappa shape index (κ1) is 37.1. The van der Waals surface area contributed by atoms with Crippen LogP contribution >= 0.6 is 15.6 Å². The number of rotatable bonds is 6. The summed E-state index contributed by atoms with van der Waals surface area (Å²) < 4.78 is 128. The van der Waals surface area contributed by atoms with Gasteiger partial charge in [0.1, 0.15) is 13.1 Å². The van der Waals surface area contributed by atoms with Crippen LogP contribution in [0.1, 0.15) is 50.9 Å². The van der Waals surface area contributed by atoms with Gasteiger partial charge in [-0.2, -0.15) is 0 Å². The number of imidazole rings is 2. The molecule has 258 valence electrons. The Morgan fingerprint density at radius 1 is 0.500 bits per heavy atom. The summed E-state index contributed by atoms with van der Waals surface area (Å²) in [6.45, 7) is 10.7. The molecule has 0 fully saturated rings. The van der Waals surface area contributed by atoms with Gasteiger partial charge >= 0.3 is 66.0 Å². The van der Waals surface area contributed by atoms with Crippen LogP contribution in [0.25, 0.3) is 22.1 Å². The van der Waals surface area contributed by atoms with Crippen LogP contribution in [0.4, 0.5) is 50.4 Å². The van der Waals surface area contributed by atoms with Gasteiger partial charge in [-0.15, -0.1) is 0 Å². The molecule has 0 spiro atoms. The first-order chi connectivity index (χ1) is 20.4. The number of aromatic nitrogens is 4. The number of hydrogen-bond donors (Lipinski definition) is 0. The molecule has 4 nitrogen and oxygen atoms in total. The summed E-state index contributed by atoms with van der Waals surface area (Å²) in [4.78, 5) is 0. The second-order valence-corrected chi connectivity index (χ2v) is 15.0. The van der Waals surface area contributed by atoms with Crippen LogP contribution in [0, 0.1) is 0 Å². The van der Waals surface area contributed by atoms with Crippen LogP contribution in [0.3, 0.4) is 0 Å². The molecular formula is C28H32F12N4P2. The predicted molar refractivity (Wildman–Crippen MR) is 157 cm³/mol. The van der Waals surface area contributed by atoms with Crippen molar-refractivity contribution in [1.82, 2.24) is 9.13 Å². The van der Waals surface area contributed by atoms with Crippen LogP contribution in [0.15, 0.2) is 85.5 Å². The zero-order valence-electron chi connectivity index (χ0n) is 24.9. The summed E-state index contributed by atoms with van der Waals surface area (Å²) in [5.74, 6) is 0. The number of para-hydroxylation sites is 4. The van der Waals surface area contributed by atoms with E-state index in [2.05, 4.69) is 131 Å². The van der Waals surface area contributed by atoms with Crippen molar-refractivity contribution in [2.45, 2.75) is 52.9 Å². The van der Waals surface area contributed by atoms with Crippen LogP contribution in [0.2, 0.25) is 0 Å². The molecule has 0 amide bonds. The summed E-state index contributed by atoms with van der Waals surface area (Å²) in [7, 11) is -21.3. The molecule has 0 aliphatic heterocycles. The Morgan fingerprint density at radius 3 is 1.11 bits per heavy atom. The topological polar surface area (TPSA) is 17.6 Å². The monoisotopic (exact) mass is 714 g/mol. The van der Waals surface area contributed by atoms with Gasteiger partial charge in [0.15, 0.2) is 22.1 Å². The molecule has 0 saturated carbocycles. The summed E-state index contributed by atoms with van der Waals surface area (Å²) >= 11 is 0. The molecule has 0 aliphatic rings. The Labute approximate surface area is 256 Å². The van der Waals surface area contributed by atoms with E-state index in [9.17, 15) is 50.4 Å². The second kappa shape index (κ2) is 11.1. The fourth-order valence-corrected chi connectivity index (χ4v) is 4.69. The first-order valence-electron chi connectivity index (χ1n) is 13.6. The summed E-state index contributed by atoms with van der Waals surface area (Å²) in [5, 5.41) is 0. The van der Waals surface area contributed by atoms with Gasteiger partial charge in [-0.1, -0.05) is 42.5 Å². The van der Waals surface area contributed by atoms with Crippen molar-refractivity contribution < 1.29 is 59.5 Å². The van der Waals surface area contributed by atoms with E-state index >= 15 is 0 Å². The molecule has 0 bridgehead atoms. The third kappa shape index (κ3) is 13.5. The van der Waals surface area contributed by atoms with E-state index in [4.69, 9.17) is 0 Å². The molecule has 3 aromatic carbocycles. The first-order valence-corrected chi connectivity index (χ1v) is 17.7. The Morgan fingerprint density at radius 2 is 0.804 bits per heavy atom. The molecule has 18 heteroatoms. The van der Waals surface area contributed by atoms with E-state index in [0.717, 1.165) is 13.1 Å². The number of benzene rings is 3. The molecule has 0 unspecified atom stereocenters. The molecule has 0 aliphatic carbocycles. The van der Waals surface area contributed by atoms with Crippen molar-refractivity contribution in [2.75, 3.05) is 0 Å². The minimum absolute atomic E-state index is 0.433. The minimum atomic E-state index is -10.7. The molecule has 0 saturated heterocycles. The number of hydrogen-bond acceptors (Lipinski definition) is 0. The SMILES string of the molecule is CC(C)n1c[n+](Cc2cccc(C[n+]3cn(C(C)C)c4ccccc43)c2)c2ccccc21.F[P-](F)(F)(F)(F)F.F[P-](F)(F)(F)(F)F. The fraction of sp³-hybridized carbons (Fsp3) is 0.286. The fourth-order valence-electron chi connectivity index (χ4n) is 4.69. The van der Waals surface area contributed by atoms with Crippen LogP contribution < -0.4 is 9.13 Å². The number of nitrogens with zero attached hydrogens (tertiary/aromatic N) is 4. The van der Waals surface area contributed by atoms with Gasteiger partial charge in [-0.3, -0.25) is 0 Å². The molecule has 0 N–H and O–H groups in total. The van der Waals surface area contributed by atoms with Crippen LogP contribution in [-0.4, -0.2) is 9.13 Å². The summed E-state index contributed by atoms with van der Waals surface area (Å²) in [6, 6.07) is 27.2. The zero-order valence-corrected chi connectivity index (χ0v) is 26.7. The van der Waals surface area contributed by atoms with Crippen LogP contribution in [-0.2, 0) is 13.1 Å².